The van der Waals surface area contributed by atoms with Gasteiger partial charge in [-0.25, -0.2) is 8.78 Å². The standard InChI is InChI=1S/C9H10F2O/c1-2-9(12)6-3-7(10)5-8(11)4-6/h3-5,9,12H,2H2,1H3/t9-/m0/s1. The van der Waals surface area contributed by atoms with E-state index in [4.69, 9.17) is 0 Å². The molecule has 0 saturated heterocycles. The van der Waals surface area contributed by atoms with Gasteiger partial charge in [-0.05, 0) is 24.1 Å². The van der Waals surface area contributed by atoms with E-state index in [1.807, 2.05) is 0 Å². The Hall–Kier alpha value is -0.960. The minimum Gasteiger partial charge on any atom is -0.388 e. The molecule has 0 saturated carbocycles. The van der Waals surface area contributed by atoms with Crippen LogP contribution in [0.25, 0.3) is 0 Å². The SMILES string of the molecule is CC[C@H](O)c1cc(F)cc(F)c1. The Kier molecular flexibility index (Phi) is 2.76. The van der Waals surface area contributed by atoms with Crippen LogP contribution in [0.3, 0.4) is 0 Å². The Balaban J connectivity index is 3.00. The van der Waals surface area contributed by atoms with E-state index < -0.39 is 17.7 Å². The van der Waals surface area contributed by atoms with Crippen LogP contribution in [0.15, 0.2) is 18.2 Å². The minimum atomic E-state index is -0.782. The average molecular weight is 172 g/mol. The quantitative estimate of drug-likeness (QED) is 0.726. The summed E-state index contributed by atoms with van der Waals surface area (Å²) in [4.78, 5) is 0. The Bertz CT molecular complexity index is 253. The fraction of sp³-hybridized carbons (Fsp3) is 0.333. The van der Waals surface area contributed by atoms with Crippen molar-refractivity contribution in [3.05, 3.63) is 35.4 Å². The molecule has 12 heavy (non-hydrogen) atoms. The lowest BCUT2D eigenvalue weighted by atomic mass is 10.1. The molecule has 0 aliphatic rings. The van der Waals surface area contributed by atoms with Crippen molar-refractivity contribution in [3.63, 3.8) is 0 Å². The van der Waals surface area contributed by atoms with E-state index in [1.165, 1.54) is 0 Å². The summed E-state index contributed by atoms with van der Waals surface area (Å²) in [6, 6.07) is 3.06. The molecule has 0 spiro atoms. The highest BCUT2D eigenvalue weighted by Crippen LogP contribution is 2.18. The number of hydrogen-bond acceptors (Lipinski definition) is 1. The van der Waals surface area contributed by atoms with Gasteiger partial charge in [-0.3, -0.25) is 0 Å². The van der Waals surface area contributed by atoms with E-state index in [0.29, 0.717) is 6.42 Å². The molecule has 1 atom stereocenters. The van der Waals surface area contributed by atoms with Crippen molar-refractivity contribution in [3.8, 4) is 0 Å². The van der Waals surface area contributed by atoms with Gasteiger partial charge in [0, 0.05) is 6.07 Å². The van der Waals surface area contributed by atoms with E-state index in [-0.39, 0.29) is 5.56 Å². The molecule has 0 radical (unpaired) electrons. The molecule has 3 heteroatoms. The zero-order chi connectivity index (χ0) is 9.14. The first-order valence-electron chi connectivity index (χ1n) is 3.77. The molecule has 1 nitrogen and oxygen atoms in total. The summed E-state index contributed by atoms with van der Waals surface area (Å²) < 4.78 is 25.1. The molecule has 0 bridgehead atoms. The van der Waals surface area contributed by atoms with Crippen molar-refractivity contribution in [2.45, 2.75) is 19.4 Å². The predicted octanol–water partition coefficient (Wildman–Crippen LogP) is 2.41. The van der Waals surface area contributed by atoms with Gasteiger partial charge in [0.05, 0.1) is 6.10 Å². The van der Waals surface area contributed by atoms with E-state index in [0.717, 1.165) is 18.2 Å². The smallest absolute Gasteiger partial charge is 0.126 e. The topological polar surface area (TPSA) is 20.2 Å². The van der Waals surface area contributed by atoms with Crippen molar-refractivity contribution in [2.24, 2.45) is 0 Å². The molecule has 0 heterocycles. The van der Waals surface area contributed by atoms with Crippen molar-refractivity contribution >= 4 is 0 Å². The second-order valence-electron chi connectivity index (χ2n) is 2.63. The van der Waals surface area contributed by atoms with Crippen LogP contribution < -0.4 is 0 Å². The Morgan fingerprint density at radius 1 is 1.25 bits per heavy atom. The van der Waals surface area contributed by atoms with Gasteiger partial charge in [-0.15, -0.1) is 0 Å². The molecule has 66 valence electrons. The summed E-state index contributed by atoms with van der Waals surface area (Å²) in [5, 5.41) is 9.24. The van der Waals surface area contributed by atoms with Gasteiger partial charge < -0.3 is 5.11 Å². The predicted molar refractivity (Wildman–Crippen MR) is 41.6 cm³/mol. The molecule has 1 N–H and O–H groups in total. The van der Waals surface area contributed by atoms with Gasteiger partial charge in [0.2, 0.25) is 0 Å². The van der Waals surface area contributed by atoms with Gasteiger partial charge in [0.1, 0.15) is 11.6 Å². The number of benzene rings is 1. The fourth-order valence-electron chi connectivity index (χ4n) is 1.00. The summed E-state index contributed by atoms with van der Waals surface area (Å²) in [7, 11) is 0. The highest BCUT2D eigenvalue weighted by Gasteiger charge is 2.07. The van der Waals surface area contributed by atoms with Crippen molar-refractivity contribution < 1.29 is 13.9 Å². The van der Waals surface area contributed by atoms with Crippen LogP contribution in [0.1, 0.15) is 25.0 Å². The molecule has 0 aliphatic carbocycles. The first-order chi connectivity index (χ1) is 5.63. The lowest BCUT2D eigenvalue weighted by Gasteiger charge is -2.07. The maximum Gasteiger partial charge on any atom is 0.126 e. The average Bonchev–Trinajstić information content (AvgIpc) is 2.01. The van der Waals surface area contributed by atoms with E-state index in [2.05, 4.69) is 0 Å². The molecule has 1 rings (SSSR count). The van der Waals surface area contributed by atoms with Crippen LogP contribution >= 0.6 is 0 Å². The summed E-state index contributed by atoms with van der Waals surface area (Å²) in [6.07, 6.45) is -0.335. The lowest BCUT2D eigenvalue weighted by Crippen LogP contribution is -1.96. The summed E-state index contributed by atoms with van der Waals surface area (Å²) in [5.74, 6) is -1.31. The van der Waals surface area contributed by atoms with Crippen LogP contribution in [-0.2, 0) is 0 Å². The third-order valence-electron chi connectivity index (χ3n) is 1.66. The highest BCUT2D eigenvalue weighted by molar-refractivity contribution is 5.19. The molecule has 1 aromatic rings. The van der Waals surface area contributed by atoms with E-state index in [9.17, 15) is 13.9 Å². The number of aliphatic hydroxyl groups is 1. The second kappa shape index (κ2) is 3.63. The number of halogens is 2. The lowest BCUT2D eigenvalue weighted by molar-refractivity contribution is 0.173. The largest absolute Gasteiger partial charge is 0.388 e. The molecule has 0 fully saturated rings. The molecule has 0 unspecified atom stereocenters. The zero-order valence-electron chi connectivity index (χ0n) is 6.72. The Morgan fingerprint density at radius 3 is 2.17 bits per heavy atom. The normalized spacial score (nSPS) is 13.0. The summed E-state index contributed by atoms with van der Waals surface area (Å²) >= 11 is 0. The first kappa shape index (κ1) is 9.13. The van der Waals surface area contributed by atoms with Gasteiger partial charge in [0.25, 0.3) is 0 Å². The van der Waals surface area contributed by atoms with Crippen LogP contribution in [-0.4, -0.2) is 5.11 Å². The zero-order valence-corrected chi connectivity index (χ0v) is 6.72. The number of rotatable bonds is 2. The monoisotopic (exact) mass is 172 g/mol. The molecule has 1 aromatic carbocycles. The fourth-order valence-corrected chi connectivity index (χ4v) is 1.00. The number of hydrogen-bond donors (Lipinski definition) is 1. The molecule has 0 amide bonds. The van der Waals surface area contributed by atoms with Crippen molar-refractivity contribution in [2.75, 3.05) is 0 Å². The third kappa shape index (κ3) is 2.01. The first-order valence-corrected chi connectivity index (χ1v) is 3.77. The maximum atomic E-state index is 12.6. The minimum absolute atomic E-state index is 0.287. The van der Waals surface area contributed by atoms with E-state index >= 15 is 0 Å². The molecule has 0 aliphatic heterocycles. The van der Waals surface area contributed by atoms with Gasteiger partial charge in [-0.2, -0.15) is 0 Å². The van der Waals surface area contributed by atoms with Crippen LogP contribution in [0.5, 0.6) is 0 Å². The van der Waals surface area contributed by atoms with Crippen LogP contribution in [0, 0.1) is 11.6 Å². The number of aliphatic hydroxyl groups excluding tert-OH is 1. The van der Waals surface area contributed by atoms with Crippen LogP contribution in [0.2, 0.25) is 0 Å². The molecular formula is C9H10F2O. The second-order valence-corrected chi connectivity index (χ2v) is 2.63. The van der Waals surface area contributed by atoms with E-state index in [1.54, 1.807) is 6.92 Å². The van der Waals surface area contributed by atoms with Crippen LogP contribution in [0.4, 0.5) is 8.78 Å². The van der Waals surface area contributed by atoms with Gasteiger partial charge >= 0.3 is 0 Å². The highest BCUT2D eigenvalue weighted by atomic mass is 19.1. The maximum absolute atomic E-state index is 12.6. The summed E-state index contributed by atoms with van der Waals surface area (Å²) in [6.45, 7) is 1.74. The Morgan fingerprint density at radius 2 is 1.75 bits per heavy atom. The molecular weight excluding hydrogens is 162 g/mol. The third-order valence-corrected chi connectivity index (χ3v) is 1.66. The van der Waals surface area contributed by atoms with Crippen molar-refractivity contribution in [1.29, 1.82) is 0 Å². The summed E-state index contributed by atoms with van der Waals surface area (Å²) in [5.41, 5.74) is 0.287. The van der Waals surface area contributed by atoms with Gasteiger partial charge in [0.15, 0.2) is 0 Å². The van der Waals surface area contributed by atoms with Gasteiger partial charge in [-0.1, -0.05) is 6.92 Å². The van der Waals surface area contributed by atoms with Crippen molar-refractivity contribution in [1.82, 2.24) is 0 Å². The molecule has 0 aromatic heterocycles. The Labute approximate surface area is 69.7 Å².